The van der Waals surface area contributed by atoms with Crippen molar-refractivity contribution in [1.82, 2.24) is 4.90 Å². The van der Waals surface area contributed by atoms with Crippen LogP contribution >= 0.6 is 0 Å². The van der Waals surface area contributed by atoms with Crippen LogP contribution < -0.4 is 9.47 Å². The number of carboxylic acid groups (broad SMARTS) is 1. The van der Waals surface area contributed by atoms with Gasteiger partial charge in [0.25, 0.3) is 0 Å². The zero-order valence-corrected chi connectivity index (χ0v) is 12.8. The summed E-state index contributed by atoms with van der Waals surface area (Å²) in [7, 11) is 3.24. The molecule has 1 saturated heterocycles. The van der Waals surface area contributed by atoms with E-state index in [1.807, 2.05) is 30.0 Å². The first kappa shape index (κ1) is 15.6. The molecule has 0 bridgehead atoms. The maximum Gasteiger partial charge on any atom is 0.321 e. The number of likely N-dealkylation sites (tertiary alicyclic amines) is 1. The fourth-order valence-electron chi connectivity index (χ4n) is 3.07. The van der Waals surface area contributed by atoms with Gasteiger partial charge in [0.05, 0.1) is 14.2 Å². The molecule has 1 aromatic rings. The van der Waals surface area contributed by atoms with E-state index in [0.29, 0.717) is 6.54 Å². The Hall–Kier alpha value is -1.75. The number of piperidine rings is 1. The number of aliphatic carboxylic acids is 1. The normalized spacial score (nSPS) is 22.8. The zero-order chi connectivity index (χ0) is 15.4. The molecule has 1 aliphatic rings. The van der Waals surface area contributed by atoms with E-state index >= 15 is 0 Å². The van der Waals surface area contributed by atoms with Crippen LogP contribution in [0.2, 0.25) is 0 Å². The van der Waals surface area contributed by atoms with Crippen LogP contribution in [0.15, 0.2) is 18.2 Å². The first-order chi connectivity index (χ1) is 10.1. The predicted molar refractivity (Wildman–Crippen MR) is 79.8 cm³/mol. The van der Waals surface area contributed by atoms with Gasteiger partial charge in [-0.15, -0.1) is 0 Å². The number of ether oxygens (including phenoxy) is 2. The largest absolute Gasteiger partial charge is 0.497 e. The van der Waals surface area contributed by atoms with Gasteiger partial charge in [0.1, 0.15) is 17.5 Å². The van der Waals surface area contributed by atoms with Crippen LogP contribution in [0.3, 0.4) is 0 Å². The number of hydrogen-bond acceptors (Lipinski definition) is 4. The number of hydrogen-bond donors (Lipinski definition) is 1. The van der Waals surface area contributed by atoms with Crippen molar-refractivity contribution in [2.75, 3.05) is 20.8 Å². The average molecular weight is 293 g/mol. The Kier molecular flexibility index (Phi) is 5.07. The van der Waals surface area contributed by atoms with Gasteiger partial charge >= 0.3 is 5.97 Å². The van der Waals surface area contributed by atoms with Crippen molar-refractivity contribution in [3.05, 3.63) is 23.8 Å². The van der Waals surface area contributed by atoms with E-state index in [1.165, 1.54) is 0 Å². The third-order valence-corrected chi connectivity index (χ3v) is 4.15. The van der Waals surface area contributed by atoms with Crippen LogP contribution in [-0.4, -0.2) is 42.8 Å². The summed E-state index contributed by atoms with van der Waals surface area (Å²) in [5.41, 5.74) is 0.956. The molecule has 0 aromatic heterocycles. The molecule has 5 nitrogen and oxygen atoms in total. The van der Waals surface area contributed by atoms with Gasteiger partial charge < -0.3 is 14.6 Å². The number of nitrogens with zero attached hydrogens (tertiary/aromatic N) is 1. The van der Waals surface area contributed by atoms with Crippen molar-refractivity contribution in [3.8, 4) is 11.5 Å². The van der Waals surface area contributed by atoms with E-state index in [4.69, 9.17) is 9.47 Å². The SMILES string of the molecule is COc1ccc(OC)c(CN2CCCC(C)C2C(=O)O)c1. The Morgan fingerprint density at radius 1 is 1.38 bits per heavy atom. The fourth-order valence-corrected chi connectivity index (χ4v) is 3.07. The lowest BCUT2D eigenvalue weighted by Gasteiger charge is -2.37. The molecule has 1 aromatic carbocycles. The highest BCUT2D eigenvalue weighted by Crippen LogP contribution is 2.30. The topological polar surface area (TPSA) is 59.0 Å². The first-order valence-corrected chi connectivity index (χ1v) is 7.24. The molecule has 0 amide bonds. The highest BCUT2D eigenvalue weighted by atomic mass is 16.5. The number of benzene rings is 1. The smallest absolute Gasteiger partial charge is 0.321 e. The van der Waals surface area contributed by atoms with Gasteiger partial charge in [-0.2, -0.15) is 0 Å². The second kappa shape index (κ2) is 6.80. The Balaban J connectivity index is 2.24. The molecule has 2 rings (SSSR count). The van der Waals surface area contributed by atoms with E-state index in [9.17, 15) is 9.90 Å². The third kappa shape index (κ3) is 3.47. The van der Waals surface area contributed by atoms with Gasteiger partial charge in [-0.1, -0.05) is 6.92 Å². The summed E-state index contributed by atoms with van der Waals surface area (Å²) in [6.07, 6.45) is 1.99. The van der Waals surface area contributed by atoms with Crippen molar-refractivity contribution in [2.45, 2.75) is 32.4 Å². The summed E-state index contributed by atoms with van der Waals surface area (Å²) in [4.78, 5) is 13.6. The predicted octanol–water partition coefficient (Wildman–Crippen LogP) is 2.39. The molecular formula is C16H23NO4. The van der Waals surface area contributed by atoms with Crippen LogP contribution in [-0.2, 0) is 11.3 Å². The molecule has 116 valence electrons. The van der Waals surface area contributed by atoms with Crippen LogP contribution in [0.1, 0.15) is 25.3 Å². The summed E-state index contributed by atoms with van der Waals surface area (Å²) in [5, 5.41) is 9.49. The van der Waals surface area contributed by atoms with E-state index in [2.05, 4.69) is 0 Å². The van der Waals surface area contributed by atoms with Gasteiger partial charge in [-0.25, -0.2) is 0 Å². The molecule has 21 heavy (non-hydrogen) atoms. The summed E-state index contributed by atoms with van der Waals surface area (Å²) in [6.45, 7) is 3.36. The molecule has 1 fully saturated rings. The van der Waals surface area contributed by atoms with E-state index in [0.717, 1.165) is 36.4 Å². The number of rotatable bonds is 5. The lowest BCUT2D eigenvalue weighted by atomic mass is 9.90. The van der Waals surface area contributed by atoms with Crippen molar-refractivity contribution < 1.29 is 19.4 Å². The standard InChI is InChI=1S/C16H23NO4/c1-11-5-4-8-17(15(11)16(18)19)10-12-9-13(20-2)6-7-14(12)21-3/h6-7,9,11,15H,4-5,8,10H2,1-3H3,(H,18,19). The maximum absolute atomic E-state index is 11.5. The fraction of sp³-hybridized carbons (Fsp3) is 0.562. The van der Waals surface area contributed by atoms with Gasteiger partial charge in [-0.05, 0) is 43.5 Å². The Bertz CT molecular complexity index is 503. The minimum absolute atomic E-state index is 0.160. The molecule has 1 N–H and O–H groups in total. The number of methoxy groups -OCH3 is 2. The van der Waals surface area contributed by atoms with Crippen molar-refractivity contribution >= 4 is 5.97 Å². The van der Waals surface area contributed by atoms with Gasteiger partial charge in [0.2, 0.25) is 0 Å². The van der Waals surface area contributed by atoms with Crippen LogP contribution in [0, 0.1) is 5.92 Å². The molecule has 0 aliphatic carbocycles. The second-order valence-corrected chi connectivity index (χ2v) is 5.55. The maximum atomic E-state index is 11.5. The molecule has 0 saturated carbocycles. The molecule has 2 unspecified atom stereocenters. The zero-order valence-electron chi connectivity index (χ0n) is 12.8. The van der Waals surface area contributed by atoms with Crippen LogP contribution in [0.5, 0.6) is 11.5 Å². The highest BCUT2D eigenvalue weighted by Gasteiger charge is 2.34. The van der Waals surface area contributed by atoms with Gasteiger partial charge in [0.15, 0.2) is 0 Å². The second-order valence-electron chi connectivity index (χ2n) is 5.55. The molecule has 0 spiro atoms. The van der Waals surface area contributed by atoms with Crippen molar-refractivity contribution in [3.63, 3.8) is 0 Å². The van der Waals surface area contributed by atoms with Crippen LogP contribution in [0.4, 0.5) is 0 Å². The number of carboxylic acids is 1. The molecule has 1 aliphatic heterocycles. The van der Waals surface area contributed by atoms with Crippen molar-refractivity contribution in [2.24, 2.45) is 5.92 Å². The summed E-state index contributed by atoms with van der Waals surface area (Å²) in [5.74, 6) is 0.929. The minimum atomic E-state index is -0.746. The number of carbonyl (C=O) groups is 1. The third-order valence-electron chi connectivity index (χ3n) is 4.15. The molecular weight excluding hydrogens is 270 g/mol. The lowest BCUT2D eigenvalue weighted by Crippen LogP contribution is -2.48. The van der Waals surface area contributed by atoms with Gasteiger partial charge in [0, 0.05) is 12.1 Å². The summed E-state index contributed by atoms with van der Waals surface area (Å²) < 4.78 is 10.6. The Morgan fingerprint density at radius 3 is 2.76 bits per heavy atom. The minimum Gasteiger partial charge on any atom is -0.497 e. The quantitative estimate of drug-likeness (QED) is 0.903. The highest BCUT2D eigenvalue weighted by molar-refractivity contribution is 5.74. The van der Waals surface area contributed by atoms with E-state index in [-0.39, 0.29) is 5.92 Å². The molecule has 1 heterocycles. The lowest BCUT2D eigenvalue weighted by molar-refractivity contribution is -0.147. The van der Waals surface area contributed by atoms with Crippen LogP contribution in [0.25, 0.3) is 0 Å². The Labute approximate surface area is 125 Å². The first-order valence-electron chi connectivity index (χ1n) is 7.24. The van der Waals surface area contributed by atoms with E-state index in [1.54, 1.807) is 14.2 Å². The van der Waals surface area contributed by atoms with Gasteiger partial charge in [-0.3, -0.25) is 9.69 Å². The Morgan fingerprint density at radius 2 is 2.14 bits per heavy atom. The molecule has 2 atom stereocenters. The van der Waals surface area contributed by atoms with Crippen molar-refractivity contribution in [1.29, 1.82) is 0 Å². The molecule has 5 heteroatoms. The molecule has 0 radical (unpaired) electrons. The summed E-state index contributed by atoms with van der Waals surface area (Å²) >= 11 is 0. The summed E-state index contributed by atoms with van der Waals surface area (Å²) in [6, 6.07) is 5.18. The monoisotopic (exact) mass is 293 g/mol. The average Bonchev–Trinajstić information content (AvgIpc) is 2.46. The van der Waals surface area contributed by atoms with E-state index < -0.39 is 12.0 Å².